The number of aliphatic hydroxyl groups excluding tert-OH is 1. The Morgan fingerprint density at radius 3 is 2.65 bits per heavy atom. The van der Waals surface area contributed by atoms with E-state index in [1.807, 2.05) is 0 Å². The molecule has 1 aromatic carbocycles. The van der Waals surface area contributed by atoms with Crippen LogP contribution in [0.15, 0.2) is 21.8 Å². The predicted octanol–water partition coefficient (Wildman–Crippen LogP) is 1.27. The van der Waals surface area contributed by atoms with E-state index in [2.05, 4.69) is 26.0 Å². The van der Waals surface area contributed by atoms with Gasteiger partial charge in [-0.25, -0.2) is 14.0 Å². The quantitative estimate of drug-likeness (QED) is 0.581. The number of halogens is 2. The molecule has 2 rings (SSSR count). The second-order valence-electron chi connectivity index (χ2n) is 5.46. The fourth-order valence-electron chi connectivity index (χ4n) is 2.59. The van der Waals surface area contributed by atoms with Crippen LogP contribution in [0, 0.1) is 12.7 Å². The molecule has 1 heterocycles. The topological polar surface area (TPSA) is 116 Å². The number of aryl methyl sites for hydroxylation is 1. The van der Waals surface area contributed by atoms with E-state index in [0.29, 0.717) is 0 Å². The number of carbonyl (C=O) groups is 3. The highest BCUT2D eigenvalue weighted by molar-refractivity contribution is 9.10. The number of nitrogens with one attached hydrogen (secondary N) is 1. The third-order valence-electron chi connectivity index (χ3n) is 3.83. The van der Waals surface area contributed by atoms with E-state index in [-0.39, 0.29) is 46.7 Å². The minimum atomic E-state index is -1.42. The maximum Gasteiger partial charge on any atom is 0.339 e. The molecule has 0 unspecified atom stereocenters. The van der Waals surface area contributed by atoms with Gasteiger partial charge in [0.05, 0.1) is 36.0 Å². The van der Waals surface area contributed by atoms with Crippen LogP contribution in [0.4, 0.5) is 10.1 Å². The van der Waals surface area contributed by atoms with Crippen LogP contribution < -0.4 is 5.32 Å². The number of amides is 1. The molecule has 0 aromatic heterocycles. The smallest absolute Gasteiger partial charge is 0.339 e. The number of carboxylic acid groups (broad SMARTS) is 1. The number of esters is 1. The number of rotatable bonds is 6. The molecule has 0 saturated heterocycles. The van der Waals surface area contributed by atoms with Gasteiger partial charge in [0.25, 0.3) is 5.91 Å². The lowest BCUT2D eigenvalue weighted by Gasteiger charge is -2.17. The van der Waals surface area contributed by atoms with Gasteiger partial charge in [0.1, 0.15) is 17.1 Å². The van der Waals surface area contributed by atoms with Crippen molar-refractivity contribution in [1.82, 2.24) is 4.90 Å². The van der Waals surface area contributed by atoms with Gasteiger partial charge in [-0.2, -0.15) is 0 Å². The molecular weight excluding hydrogens is 415 g/mol. The average molecular weight is 431 g/mol. The number of carbonyl (C=O) groups excluding carboxylic acids is 2. The number of hydrogen-bond acceptors (Lipinski definition) is 6. The first-order valence-electron chi connectivity index (χ1n) is 7.43. The molecule has 0 aliphatic carbocycles. The van der Waals surface area contributed by atoms with E-state index in [4.69, 9.17) is 5.11 Å². The molecule has 1 amide bonds. The molecule has 0 radical (unpaired) electrons. The Labute approximate surface area is 156 Å². The van der Waals surface area contributed by atoms with E-state index in [0.717, 1.165) is 13.2 Å². The van der Waals surface area contributed by atoms with E-state index in [1.54, 1.807) is 0 Å². The number of ether oxygens (including phenoxy) is 1. The predicted molar refractivity (Wildman–Crippen MR) is 92.1 cm³/mol. The van der Waals surface area contributed by atoms with Gasteiger partial charge >= 0.3 is 11.9 Å². The lowest BCUT2D eigenvalue weighted by atomic mass is 10.1. The zero-order valence-electron chi connectivity index (χ0n) is 13.9. The van der Waals surface area contributed by atoms with E-state index < -0.39 is 29.2 Å². The number of benzene rings is 1. The number of methoxy groups -OCH3 is 1. The number of hydrogen-bond donors (Lipinski definition) is 3. The second kappa shape index (κ2) is 7.83. The Bertz CT molecular complexity index is 823. The lowest BCUT2D eigenvalue weighted by molar-refractivity contribution is -0.136. The third kappa shape index (κ3) is 3.56. The van der Waals surface area contributed by atoms with Crippen molar-refractivity contribution in [2.75, 3.05) is 32.1 Å². The number of aliphatic hydroxyl groups is 1. The molecule has 0 atom stereocenters. The average Bonchev–Trinajstić information content (AvgIpc) is 2.88. The molecule has 3 N–H and O–H groups in total. The summed E-state index contributed by atoms with van der Waals surface area (Å²) in [6.07, 6.45) is 0. The maximum absolute atomic E-state index is 13.9. The standard InChI is InChI=1S/C16H16BrFN2O6/c1-7-5-9(18)11(17)10(15(23)24)12(7)19-13-8(16(25)26-2)6-20(3-4-21)14(13)22/h5,19,21H,3-4,6H2,1-2H3,(H,23,24). The summed E-state index contributed by atoms with van der Waals surface area (Å²) in [5.74, 6) is -3.56. The van der Waals surface area contributed by atoms with Crippen LogP contribution in [0.5, 0.6) is 0 Å². The van der Waals surface area contributed by atoms with Gasteiger partial charge in [-0.1, -0.05) is 0 Å². The first-order valence-corrected chi connectivity index (χ1v) is 8.22. The Morgan fingerprint density at radius 2 is 2.12 bits per heavy atom. The number of β-amino-alcohol motifs (C(OH)–C–C–N with tert-alkyl or cyclic N) is 1. The van der Waals surface area contributed by atoms with Crippen molar-refractivity contribution in [3.63, 3.8) is 0 Å². The van der Waals surface area contributed by atoms with Crippen LogP contribution in [-0.4, -0.2) is 59.8 Å². The van der Waals surface area contributed by atoms with Gasteiger partial charge in [0.2, 0.25) is 0 Å². The van der Waals surface area contributed by atoms with Gasteiger partial charge < -0.3 is 25.2 Å². The molecule has 0 saturated carbocycles. The zero-order valence-corrected chi connectivity index (χ0v) is 15.5. The van der Waals surface area contributed by atoms with Crippen molar-refractivity contribution in [3.05, 3.63) is 38.8 Å². The molecular formula is C16H16BrFN2O6. The van der Waals surface area contributed by atoms with Crippen LogP contribution in [0.3, 0.4) is 0 Å². The molecule has 8 nitrogen and oxygen atoms in total. The summed E-state index contributed by atoms with van der Waals surface area (Å²) in [5, 5.41) is 21.1. The van der Waals surface area contributed by atoms with Crippen LogP contribution in [0.1, 0.15) is 15.9 Å². The monoisotopic (exact) mass is 430 g/mol. The van der Waals surface area contributed by atoms with Crippen molar-refractivity contribution in [3.8, 4) is 0 Å². The van der Waals surface area contributed by atoms with Crippen LogP contribution in [-0.2, 0) is 14.3 Å². The van der Waals surface area contributed by atoms with E-state index in [9.17, 15) is 23.9 Å². The third-order valence-corrected chi connectivity index (χ3v) is 4.61. The summed E-state index contributed by atoms with van der Waals surface area (Å²) in [4.78, 5) is 37.3. The van der Waals surface area contributed by atoms with Crippen LogP contribution >= 0.6 is 15.9 Å². The van der Waals surface area contributed by atoms with Gasteiger partial charge in [-0.05, 0) is 34.5 Å². The Kier molecular flexibility index (Phi) is 5.98. The minimum Gasteiger partial charge on any atom is -0.478 e. The number of nitrogens with zero attached hydrogens (tertiary/aromatic N) is 1. The van der Waals surface area contributed by atoms with Crippen molar-refractivity contribution < 1.29 is 33.7 Å². The highest BCUT2D eigenvalue weighted by atomic mass is 79.9. The normalized spacial score (nSPS) is 14.0. The Morgan fingerprint density at radius 1 is 1.46 bits per heavy atom. The fourth-order valence-corrected chi connectivity index (χ4v) is 3.07. The Balaban J connectivity index is 2.57. The summed E-state index contributed by atoms with van der Waals surface area (Å²) in [7, 11) is 1.15. The highest BCUT2D eigenvalue weighted by Crippen LogP contribution is 2.33. The number of carboxylic acids is 1. The van der Waals surface area contributed by atoms with Gasteiger partial charge in [-0.15, -0.1) is 0 Å². The Hall–Kier alpha value is -2.46. The van der Waals surface area contributed by atoms with Crippen molar-refractivity contribution >= 4 is 39.5 Å². The van der Waals surface area contributed by atoms with Crippen LogP contribution in [0.25, 0.3) is 0 Å². The molecule has 0 spiro atoms. The zero-order chi connectivity index (χ0) is 19.6. The summed E-state index contributed by atoms with van der Waals surface area (Å²) in [6, 6.07) is 1.10. The SMILES string of the molecule is COC(=O)C1=C(Nc2c(C)cc(F)c(Br)c2C(=O)O)C(=O)N(CCO)C1. The highest BCUT2D eigenvalue weighted by Gasteiger charge is 2.35. The number of anilines is 1. The molecule has 1 aliphatic heterocycles. The number of aromatic carboxylic acids is 1. The van der Waals surface area contributed by atoms with Gasteiger partial charge in [0, 0.05) is 6.54 Å². The largest absolute Gasteiger partial charge is 0.478 e. The molecule has 0 bridgehead atoms. The maximum atomic E-state index is 13.9. The van der Waals surface area contributed by atoms with Crippen molar-refractivity contribution in [2.45, 2.75) is 6.92 Å². The van der Waals surface area contributed by atoms with Crippen LogP contribution in [0.2, 0.25) is 0 Å². The minimum absolute atomic E-state index is 0.0115. The molecule has 26 heavy (non-hydrogen) atoms. The van der Waals surface area contributed by atoms with E-state index in [1.165, 1.54) is 11.8 Å². The summed E-state index contributed by atoms with van der Waals surface area (Å²) in [5.41, 5.74) is -0.390. The molecule has 140 valence electrons. The summed E-state index contributed by atoms with van der Waals surface area (Å²) < 4.78 is 18.2. The first kappa shape index (κ1) is 19.9. The van der Waals surface area contributed by atoms with Crippen molar-refractivity contribution in [1.29, 1.82) is 0 Å². The van der Waals surface area contributed by atoms with Gasteiger partial charge in [0.15, 0.2) is 0 Å². The molecule has 0 fully saturated rings. The fraction of sp³-hybridized carbons (Fsp3) is 0.312. The summed E-state index contributed by atoms with van der Waals surface area (Å²) >= 11 is 2.89. The van der Waals surface area contributed by atoms with Gasteiger partial charge in [-0.3, -0.25) is 4.79 Å². The summed E-state index contributed by atoms with van der Waals surface area (Å²) in [6.45, 7) is 1.04. The van der Waals surface area contributed by atoms with Crippen molar-refractivity contribution in [2.24, 2.45) is 0 Å². The molecule has 1 aromatic rings. The second-order valence-corrected chi connectivity index (χ2v) is 6.26. The van der Waals surface area contributed by atoms with E-state index >= 15 is 0 Å². The molecule has 1 aliphatic rings. The lowest BCUT2D eigenvalue weighted by Crippen LogP contribution is -2.31. The molecule has 10 heteroatoms. The first-order chi connectivity index (χ1) is 12.2.